The molecule has 2 nitrogen and oxygen atoms in total. The summed E-state index contributed by atoms with van der Waals surface area (Å²) in [6, 6.07) is 4.92. The molecule has 0 bridgehead atoms. The Bertz CT molecular complexity index is 319. The third-order valence-electron chi connectivity index (χ3n) is 2.71. The largest absolute Gasteiger partial charge is 0.399 e. The second-order valence-electron chi connectivity index (χ2n) is 3.78. The van der Waals surface area contributed by atoms with Gasteiger partial charge in [-0.2, -0.15) is 0 Å². The van der Waals surface area contributed by atoms with Crippen LogP contribution in [0.25, 0.3) is 0 Å². The van der Waals surface area contributed by atoms with Crippen LogP contribution in [0.1, 0.15) is 30.9 Å². The molecule has 0 amide bonds. The highest BCUT2D eigenvalue weighted by molar-refractivity contribution is 5.42. The highest BCUT2D eigenvalue weighted by Gasteiger charge is 2.17. The van der Waals surface area contributed by atoms with Gasteiger partial charge in [-0.15, -0.1) is 0 Å². The third-order valence-corrected chi connectivity index (χ3v) is 2.71. The predicted octanol–water partition coefficient (Wildman–Crippen LogP) is 2.22. The van der Waals surface area contributed by atoms with Gasteiger partial charge in [0.2, 0.25) is 0 Å². The Morgan fingerprint density at radius 2 is 2.21 bits per heavy atom. The predicted molar refractivity (Wildman–Crippen MR) is 55.4 cm³/mol. The summed E-state index contributed by atoms with van der Waals surface area (Å²) < 4.78 is 13.5. The fraction of sp³-hybridized carbons (Fsp3) is 0.455. The molecule has 0 saturated carbocycles. The number of nitrogens with one attached hydrogen (secondary N) is 1. The van der Waals surface area contributed by atoms with E-state index in [0.29, 0.717) is 11.3 Å². The maximum Gasteiger partial charge on any atom is 0.128 e. The van der Waals surface area contributed by atoms with E-state index in [1.807, 2.05) is 0 Å². The van der Waals surface area contributed by atoms with Crippen LogP contribution in [0.3, 0.4) is 0 Å². The molecule has 14 heavy (non-hydrogen) atoms. The molecular weight excluding hydrogens is 179 g/mol. The molecule has 1 aromatic rings. The van der Waals surface area contributed by atoms with Crippen molar-refractivity contribution in [2.24, 2.45) is 0 Å². The lowest BCUT2D eigenvalue weighted by molar-refractivity contribution is 0.400. The average molecular weight is 194 g/mol. The summed E-state index contributed by atoms with van der Waals surface area (Å²) in [7, 11) is 0. The summed E-state index contributed by atoms with van der Waals surface area (Å²) in [5.74, 6) is -0.154. The summed E-state index contributed by atoms with van der Waals surface area (Å²) in [6.45, 7) is 0.971. The minimum Gasteiger partial charge on any atom is -0.399 e. The molecule has 0 radical (unpaired) electrons. The molecule has 0 aromatic heterocycles. The van der Waals surface area contributed by atoms with Crippen LogP contribution in [0.4, 0.5) is 10.1 Å². The van der Waals surface area contributed by atoms with Gasteiger partial charge in [-0.3, -0.25) is 0 Å². The molecule has 0 unspecified atom stereocenters. The first-order chi connectivity index (χ1) is 6.77. The monoisotopic (exact) mass is 194 g/mol. The smallest absolute Gasteiger partial charge is 0.128 e. The number of anilines is 1. The molecule has 1 atom stereocenters. The fourth-order valence-corrected chi connectivity index (χ4v) is 1.95. The second-order valence-corrected chi connectivity index (χ2v) is 3.78. The molecule has 1 aromatic carbocycles. The van der Waals surface area contributed by atoms with E-state index >= 15 is 0 Å². The molecule has 1 saturated heterocycles. The van der Waals surface area contributed by atoms with Crippen molar-refractivity contribution in [2.75, 3.05) is 12.3 Å². The van der Waals surface area contributed by atoms with Crippen molar-refractivity contribution < 1.29 is 4.39 Å². The molecule has 0 spiro atoms. The Labute approximate surface area is 83.3 Å². The maximum absolute atomic E-state index is 13.5. The minimum atomic E-state index is -0.154. The Morgan fingerprint density at radius 3 is 2.93 bits per heavy atom. The van der Waals surface area contributed by atoms with Crippen LogP contribution in [-0.2, 0) is 0 Å². The standard InChI is InChI=1S/C11H15FN2/c12-10-5-4-8(13)7-9(10)11-3-1-2-6-14-11/h4-5,7,11,14H,1-3,6,13H2/t11-/m0/s1. The zero-order chi connectivity index (χ0) is 9.97. The molecule has 1 aliphatic heterocycles. The van der Waals surface area contributed by atoms with Gasteiger partial charge in [0.25, 0.3) is 0 Å². The van der Waals surface area contributed by atoms with Gasteiger partial charge in [0.05, 0.1) is 0 Å². The van der Waals surface area contributed by atoms with Gasteiger partial charge in [-0.05, 0) is 37.6 Å². The highest BCUT2D eigenvalue weighted by Crippen LogP contribution is 2.26. The Morgan fingerprint density at radius 1 is 1.36 bits per heavy atom. The Kier molecular flexibility index (Phi) is 2.68. The molecule has 0 aliphatic carbocycles. The van der Waals surface area contributed by atoms with E-state index in [0.717, 1.165) is 19.4 Å². The van der Waals surface area contributed by atoms with Gasteiger partial charge in [0.15, 0.2) is 0 Å². The van der Waals surface area contributed by atoms with E-state index in [9.17, 15) is 4.39 Å². The van der Waals surface area contributed by atoms with E-state index < -0.39 is 0 Å². The molecule has 1 fully saturated rings. The molecule has 2 rings (SSSR count). The van der Waals surface area contributed by atoms with E-state index in [-0.39, 0.29) is 11.9 Å². The van der Waals surface area contributed by atoms with E-state index in [2.05, 4.69) is 5.32 Å². The summed E-state index contributed by atoms with van der Waals surface area (Å²) in [5.41, 5.74) is 6.99. The zero-order valence-electron chi connectivity index (χ0n) is 8.09. The highest BCUT2D eigenvalue weighted by atomic mass is 19.1. The van der Waals surface area contributed by atoms with Crippen LogP contribution in [0.2, 0.25) is 0 Å². The van der Waals surface area contributed by atoms with Crippen molar-refractivity contribution in [1.82, 2.24) is 5.32 Å². The summed E-state index contributed by atoms with van der Waals surface area (Å²) in [5, 5.41) is 3.31. The molecule has 3 N–H and O–H groups in total. The number of nitrogen functional groups attached to an aromatic ring is 1. The van der Waals surface area contributed by atoms with Crippen LogP contribution < -0.4 is 11.1 Å². The quantitative estimate of drug-likeness (QED) is 0.673. The van der Waals surface area contributed by atoms with Crippen molar-refractivity contribution in [3.63, 3.8) is 0 Å². The number of rotatable bonds is 1. The number of hydrogen-bond acceptors (Lipinski definition) is 2. The Hall–Kier alpha value is -1.09. The first kappa shape index (κ1) is 9.46. The topological polar surface area (TPSA) is 38.0 Å². The molecule has 1 heterocycles. The van der Waals surface area contributed by atoms with Crippen LogP contribution in [-0.4, -0.2) is 6.54 Å². The summed E-state index contributed by atoms with van der Waals surface area (Å²) in [6.07, 6.45) is 3.34. The fourth-order valence-electron chi connectivity index (χ4n) is 1.95. The lowest BCUT2D eigenvalue weighted by Crippen LogP contribution is -2.27. The molecule has 1 aliphatic rings. The van der Waals surface area contributed by atoms with Gasteiger partial charge in [-0.25, -0.2) is 4.39 Å². The van der Waals surface area contributed by atoms with E-state index in [1.165, 1.54) is 12.5 Å². The van der Waals surface area contributed by atoms with Crippen molar-refractivity contribution in [1.29, 1.82) is 0 Å². The molecule has 76 valence electrons. The van der Waals surface area contributed by atoms with E-state index in [4.69, 9.17) is 5.73 Å². The zero-order valence-corrected chi connectivity index (χ0v) is 8.09. The number of halogens is 1. The summed E-state index contributed by atoms with van der Waals surface area (Å²) in [4.78, 5) is 0. The number of piperidine rings is 1. The van der Waals surface area contributed by atoms with Gasteiger partial charge >= 0.3 is 0 Å². The van der Waals surface area contributed by atoms with Gasteiger partial charge in [0.1, 0.15) is 5.82 Å². The number of nitrogens with two attached hydrogens (primary N) is 1. The Balaban J connectivity index is 2.24. The van der Waals surface area contributed by atoms with Crippen LogP contribution >= 0.6 is 0 Å². The van der Waals surface area contributed by atoms with Crippen molar-refractivity contribution in [3.8, 4) is 0 Å². The number of benzene rings is 1. The SMILES string of the molecule is Nc1ccc(F)c([C@@H]2CCCCN2)c1. The van der Waals surface area contributed by atoms with Gasteiger partial charge in [-0.1, -0.05) is 6.42 Å². The molecular formula is C11H15FN2. The normalized spacial score (nSPS) is 22.2. The lowest BCUT2D eigenvalue weighted by Gasteiger charge is -2.24. The van der Waals surface area contributed by atoms with Gasteiger partial charge < -0.3 is 11.1 Å². The van der Waals surface area contributed by atoms with Crippen LogP contribution in [0, 0.1) is 5.82 Å². The van der Waals surface area contributed by atoms with Crippen molar-refractivity contribution in [3.05, 3.63) is 29.6 Å². The second kappa shape index (κ2) is 3.96. The first-order valence-corrected chi connectivity index (χ1v) is 5.05. The molecule has 3 heteroatoms. The van der Waals surface area contributed by atoms with Gasteiger partial charge in [0, 0.05) is 17.3 Å². The number of hydrogen-bond donors (Lipinski definition) is 2. The van der Waals surface area contributed by atoms with Crippen molar-refractivity contribution in [2.45, 2.75) is 25.3 Å². The van der Waals surface area contributed by atoms with Crippen molar-refractivity contribution >= 4 is 5.69 Å². The summed E-state index contributed by atoms with van der Waals surface area (Å²) >= 11 is 0. The minimum absolute atomic E-state index is 0.146. The van der Waals surface area contributed by atoms with Crippen LogP contribution in [0.15, 0.2) is 18.2 Å². The van der Waals surface area contributed by atoms with Crippen LogP contribution in [0.5, 0.6) is 0 Å². The average Bonchev–Trinajstić information content (AvgIpc) is 2.23. The lowest BCUT2D eigenvalue weighted by atomic mass is 9.97. The third kappa shape index (κ3) is 1.87. The maximum atomic E-state index is 13.5. The van der Waals surface area contributed by atoms with E-state index in [1.54, 1.807) is 12.1 Å². The first-order valence-electron chi connectivity index (χ1n) is 5.05.